The van der Waals surface area contributed by atoms with Gasteiger partial charge in [0.05, 0.1) is 12.2 Å². The number of rotatable bonds is 1. The van der Waals surface area contributed by atoms with Crippen molar-refractivity contribution in [2.75, 3.05) is 39.6 Å². The van der Waals surface area contributed by atoms with Gasteiger partial charge in [0.2, 0.25) is 0 Å². The molecule has 0 amide bonds. The van der Waals surface area contributed by atoms with Gasteiger partial charge < -0.3 is 19.5 Å². The Hall–Kier alpha value is -0.160. The summed E-state index contributed by atoms with van der Waals surface area (Å²) < 4.78 is 17.4. The van der Waals surface area contributed by atoms with Crippen molar-refractivity contribution in [2.45, 2.75) is 43.7 Å². The number of ether oxygens (including phenoxy) is 3. The van der Waals surface area contributed by atoms with E-state index in [4.69, 9.17) is 14.2 Å². The molecule has 1 spiro atoms. The van der Waals surface area contributed by atoms with Gasteiger partial charge in [-0.3, -0.25) is 0 Å². The Morgan fingerprint density at radius 2 is 1.72 bits per heavy atom. The number of nitrogens with one attached hydrogen (secondary N) is 1. The number of hydrogen-bond acceptors (Lipinski definition) is 4. The van der Waals surface area contributed by atoms with Crippen molar-refractivity contribution in [3.05, 3.63) is 0 Å². The Labute approximate surface area is 109 Å². The quantitative estimate of drug-likeness (QED) is 0.767. The van der Waals surface area contributed by atoms with Gasteiger partial charge in [-0.25, -0.2) is 0 Å². The molecule has 0 bridgehead atoms. The van der Waals surface area contributed by atoms with E-state index < -0.39 is 0 Å². The van der Waals surface area contributed by atoms with E-state index in [9.17, 15) is 0 Å². The van der Waals surface area contributed by atoms with E-state index in [0.29, 0.717) is 12.0 Å². The maximum absolute atomic E-state index is 6.27. The fourth-order valence-electron chi connectivity index (χ4n) is 3.79. The van der Waals surface area contributed by atoms with Gasteiger partial charge >= 0.3 is 0 Å². The monoisotopic (exact) mass is 255 g/mol. The molecule has 0 aromatic carbocycles. The maximum Gasteiger partial charge on any atom is 0.0860 e. The molecule has 1 N–H and O–H groups in total. The first-order valence-electron chi connectivity index (χ1n) is 7.44. The Kier molecular flexibility index (Phi) is 4.19. The largest absolute Gasteiger partial charge is 0.381 e. The van der Waals surface area contributed by atoms with Gasteiger partial charge in [-0.2, -0.15) is 0 Å². The zero-order chi connectivity index (χ0) is 12.3. The van der Waals surface area contributed by atoms with Crippen LogP contribution in [0.4, 0.5) is 0 Å². The predicted octanol–water partition coefficient (Wildman–Crippen LogP) is 1.34. The van der Waals surface area contributed by atoms with Crippen LogP contribution in [0.15, 0.2) is 0 Å². The van der Waals surface area contributed by atoms with Crippen LogP contribution in [0.3, 0.4) is 0 Å². The Morgan fingerprint density at radius 3 is 2.61 bits per heavy atom. The van der Waals surface area contributed by atoms with Crippen molar-refractivity contribution in [2.24, 2.45) is 5.92 Å². The second kappa shape index (κ2) is 5.87. The average molecular weight is 255 g/mol. The molecule has 3 rings (SSSR count). The molecule has 2 unspecified atom stereocenters. The molecule has 18 heavy (non-hydrogen) atoms. The maximum atomic E-state index is 6.27. The van der Waals surface area contributed by atoms with Crippen molar-refractivity contribution in [3.8, 4) is 0 Å². The predicted molar refractivity (Wildman–Crippen MR) is 68.7 cm³/mol. The Balaban J connectivity index is 1.75. The topological polar surface area (TPSA) is 39.7 Å². The van der Waals surface area contributed by atoms with Gasteiger partial charge in [0.25, 0.3) is 0 Å². The summed E-state index contributed by atoms with van der Waals surface area (Å²) in [6, 6.07) is 0.497. The molecule has 3 heterocycles. The van der Waals surface area contributed by atoms with Crippen LogP contribution < -0.4 is 5.32 Å². The van der Waals surface area contributed by atoms with Crippen molar-refractivity contribution >= 4 is 0 Å². The van der Waals surface area contributed by atoms with Gasteiger partial charge in [-0.1, -0.05) is 0 Å². The molecular weight excluding hydrogens is 230 g/mol. The summed E-state index contributed by atoms with van der Waals surface area (Å²) in [5.74, 6) is 0.706. The minimum absolute atomic E-state index is 0.0246. The van der Waals surface area contributed by atoms with Gasteiger partial charge in [0, 0.05) is 45.4 Å². The van der Waals surface area contributed by atoms with Gasteiger partial charge in [-0.05, 0) is 31.6 Å². The molecule has 0 saturated carbocycles. The second-order valence-electron chi connectivity index (χ2n) is 5.76. The smallest absolute Gasteiger partial charge is 0.0860 e. The molecule has 3 aliphatic heterocycles. The third kappa shape index (κ3) is 2.57. The Bertz CT molecular complexity index is 258. The van der Waals surface area contributed by atoms with Crippen LogP contribution in [0.5, 0.6) is 0 Å². The lowest BCUT2D eigenvalue weighted by Gasteiger charge is -2.48. The van der Waals surface area contributed by atoms with Crippen LogP contribution in [0.25, 0.3) is 0 Å². The van der Waals surface area contributed by atoms with E-state index in [1.54, 1.807) is 0 Å². The number of hydrogen-bond donors (Lipinski definition) is 1. The first-order valence-corrected chi connectivity index (χ1v) is 7.44. The fraction of sp³-hybridized carbons (Fsp3) is 1.00. The zero-order valence-electron chi connectivity index (χ0n) is 11.2. The van der Waals surface area contributed by atoms with Crippen LogP contribution in [0.2, 0.25) is 0 Å². The molecule has 3 saturated heterocycles. The lowest BCUT2D eigenvalue weighted by Crippen LogP contribution is -2.61. The third-order valence-electron chi connectivity index (χ3n) is 4.72. The summed E-state index contributed by atoms with van der Waals surface area (Å²) in [4.78, 5) is 0. The van der Waals surface area contributed by atoms with E-state index in [1.165, 1.54) is 12.8 Å². The van der Waals surface area contributed by atoms with Crippen molar-refractivity contribution < 1.29 is 14.2 Å². The molecule has 104 valence electrons. The van der Waals surface area contributed by atoms with Crippen molar-refractivity contribution in [3.63, 3.8) is 0 Å². The molecule has 0 radical (unpaired) electrons. The standard InChI is InChI=1S/C14H25NO3/c1-4-14(5-10-16-7-1)13(15-6-11-18-14)12-2-8-17-9-3-12/h12-13,15H,1-11H2. The van der Waals surface area contributed by atoms with Gasteiger partial charge in [0.1, 0.15) is 0 Å². The van der Waals surface area contributed by atoms with Crippen molar-refractivity contribution in [1.82, 2.24) is 5.32 Å². The van der Waals surface area contributed by atoms with Crippen LogP contribution in [0.1, 0.15) is 32.1 Å². The molecule has 2 atom stereocenters. The fourth-order valence-corrected chi connectivity index (χ4v) is 3.79. The summed E-state index contributed by atoms with van der Waals surface area (Å²) in [5.41, 5.74) is 0.0246. The molecule has 0 aromatic rings. The lowest BCUT2D eigenvalue weighted by molar-refractivity contribution is -0.129. The molecule has 3 fully saturated rings. The first-order chi connectivity index (χ1) is 8.91. The minimum atomic E-state index is 0.0246. The molecule has 0 aromatic heterocycles. The van der Waals surface area contributed by atoms with E-state index in [-0.39, 0.29) is 5.60 Å². The summed E-state index contributed by atoms with van der Waals surface area (Å²) in [7, 11) is 0. The molecule has 3 aliphatic rings. The Morgan fingerprint density at radius 1 is 0.889 bits per heavy atom. The van der Waals surface area contributed by atoms with Crippen LogP contribution in [0, 0.1) is 5.92 Å². The lowest BCUT2D eigenvalue weighted by atomic mass is 9.75. The third-order valence-corrected chi connectivity index (χ3v) is 4.72. The normalized spacial score (nSPS) is 39.7. The van der Waals surface area contributed by atoms with Crippen LogP contribution in [-0.2, 0) is 14.2 Å². The summed E-state index contributed by atoms with van der Waals surface area (Å²) in [6.07, 6.45) is 5.65. The molecular formula is C14H25NO3. The highest BCUT2D eigenvalue weighted by Crippen LogP contribution is 2.37. The van der Waals surface area contributed by atoms with Crippen molar-refractivity contribution in [1.29, 1.82) is 0 Å². The second-order valence-corrected chi connectivity index (χ2v) is 5.76. The highest BCUT2D eigenvalue weighted by Gasteiger charge is 2.45. The molecule has 4 nitrogen and oxygen atoms in total. The van der Waals surface area contributed by atoms with E-state index in [0.717, 1.165) is 58.8 Å². The summed E-state index contributed by atoms with van der Waals surface area (Å²) >= 11 is 0. The summed E-state index contributed by atoms with van der Waals surface area (Å²) in [6.45, 7) is 5.40. The summed E-state index contributed by atoms with van der Waals surface area (Å²) in [5, 5.41) is 3.74. The first kappa shape index (κ1) is 12.9. The molecule has 4 heteroatoms. The van der Waals surface area contributed by atoms with Crippen LogP contribution in [-0.4, -0.2) is 51.2 Å². The average Bonchev–Trinajstić information content (AvgIpc) is 2.67. The highest BCUT2D eigenvalue weighted by atomic mass is 16.5. The minimum Gasteiger partial charge on any atom is -0.381 e. The van der Waals surface area contributed by atoms with Gasteiger partial charge in [0.15, 0.2) is 0 Å². The highest BCUT2D eigenvalue weighted by molar-refractivity contribution is 5.00. The zero-order valence-corrected chi connectivity index (χ0v) is 11.2. The van der Waals surface area contributed by atoms with E-state index in [2.05, 4.69) is 5.32 Å². The van der Waals surface area contributed by atoms with Gasteiger partial charge in [-0.15, -0.1) is 0 Å². The van der Waals surface area contributed by atoms with E-state index >= 15 is 0 Å². The molecule has 0 aliphatic carbocycles. The SMILES string of the molecule is C1COCCC2(C1)OCCNC2C1CCOCC1. The van der Waals surface area contributed by atoms with Crippen LogP contribution >= 0.6 is 0 Å². The van der Waals surface area contributed by atoms with E-state index in [1.807, 2.05) is 0 Å². The number of morpholine rings is 1.